The summed E-state index contributed by atoms with van der Waals surface area (Å²) in [7, 11) is 0. The van der Waals surface area contributed by atoms with Crippen LogP contribution in [0.15, 0.2) is 24.3 Å². The molecule has 150 valence electrons. The molecule has 1 fully saturated rings. The van der Waals surface area contributed by atoms with Gasteiger partial charge in [0.1, 0.15) is 0 Å². The first-order valence-electron chi connectivity index (χ1n) is 8.85. The number of piperazine rings is 1. The molecule has 0 radical (unpaired) electrons. The molecular weight excluding hydrogens is 361 g/mol. The Balaban J connectivity index is 1.91. The number of halogens is 3. The minimum atomic E-state index is -4.37. The van der Waals surface area contributed by atoms with E-state index in [2.05, 4.69) is 10.6 Å². The number of rotatable bonds is 4. The molecule has 0 saturated carbocycles. The molecule has 6 nitrogen and oxygen atoms in total. The number of alkyl halides is 3. The van der Waals surface area contributed by atoms with E-state index in [-0.39, 0.29) is 6.04 Å². The highest BCUT2D eigenvalue weighted by molar-refractivity contribution is 5.96. The normalized spacial score (nSPS) is 16.9. The topological polar surface area (TPSA) is 64.7 Å². The second kappa shape index (κ2) is 8.60. The lowest BCUT2D eigenvalue weighted by Gasteiger charge is -2.38. The molecule has 27 heavy (non-hydrogen) atoms. The Labute approximate surface area is 156 Å². The standard InChI is InChI=1S/C18H25F3N4O2/c1-12(2)22-17(27)23-16(26)13(3)24-7-9-25(10-8-24)15-6-4-5-14(11-15)18(19,20)21/h4-6,11-13H,7-10H2,1-3H3,(H2,22,23,26,27). The number of carbonyl (C=O) groups excluding carboxylic acids is 2. The number of hydrogen-bond donors (Lipinski definition) is 2. The largest absolute Gasteiger partial charge is 0.416 e. The minimum Gasteiger partial charge on any atom is -0.369 e. The third kappa shape index (κ3) is 5.85. The summed E-state index contributed by atoms with van der Waals surface area (Å²) in [6.45, 7) is 7.31. The number of nitrogens with one attached hydrogen (secondary N) is 2. The summed E-state index contributed by atoms with van der Waals surface area (Å²) in [5.74, 6) is -0.402. The third-order valence-electron chi connectivity index (χ3n) is 4.44. The Kier molecular flexibility index (Phi) is 6.69. The van der Waals surface area contributed by atoms with Crippen molar-refractivity contribution >= 4 is 17.6 Å². The van der Waals surface area contributed by atoms with E-state index in [1.54, 1.807) is 26.8 Å². The first-order chi connectivity index (χ1) is 12.6. The minimum absolute atomic E-state index is 0.0795. The Hall–Kier alpha value is -2.29. The van der Waals surface area contributed by atoms with Crippen LogP contribution < -0.4 is 15.5 Å². The van der Waals surface area contributed by atoms with Gasteiger partial charge < -0.3 is 10.2 Å². The van der Waals surface area contributed by atoms with Crippen molar-refractivity contribution in [1.82, 2.24) is 15.5 Å². The van der Waals surface area contributed by atoms with Gasteiger partial charge in [-0.15, -0.1) is 0 Å². The number of benzene rings is 1. The fraction of sp³-hybridized carbons (Fsp3) is 0.556. The number of urea groups is 1. The summed E-state index contributed by atoms with van der Waals surface area (Å²) in [5, 5.41) is 4.89. The third-order valence-corrected chi connectivity index (χ3v) is 4.44. The fourth-order valence-electron chi connectivity index (χ4n) is 2.93. The summed E-state index contributed by atoms with van der Waals surface area (Å²) in [5.41, 5.74) is -0.163. The lowest BCUT2D eigenvalue weighted by atomic mass is 10.1. The highest BCUT2D eigenvalue weighted by Crippen LogP contribution is 2.31. The summed E-state index contributed by atoms with van der Waals surface area (Å²) >= 11 is 0. The monoisotopic (exact) mass is 386 g/mol. The smallest absolute Gasteiger partial charge is 0.369 e. The second-order valence-electron chi connectivity index (χ2n) is 6.86. The highest BCUT2D eigenvalue weighted by atomic mass is 19.4. The van der Waals surface area contributed by atoms with Crippen molar-refractivity contribution in [3.8, 4) is 0 Å². The molecule has 1 aromatic rings. The average molecular weight is 386 g/mol. The highest BCUT2D eigenvalue weighted by Gasteiger charge is 2.31. The van der Waals surface area contributed by atoms with Crippen molar-refractivity contribution in [1.29, 1.82) is 0 Å². The van der Waals surface area contributed by atoms with E-state index >= 15 is 0 Å². The number of amides is 3. The molecular formula is C18H25F3N4O2. The Morgan fingerprint density at radius 1 is 1.07 bits per heavy atom. The van der Waals surface area contributed by atoms with Crippen LogP contribution in [0, 0.1) is 0 Å². The zero-order valence-corrected chi connectivity index (χ0v) is 15.6. The van der Waals surface area contributed by atoms with Gasteiger partial charge >= 0.3 is 12.2 Å². The van der Waals surface area contributed by atoms with Crippen LogP contribution in [0.25, 0.3) is 0 Å². The molecule has 1 atom stereocenters. The zero-order chi connectivity index (χ0) is 20.2. The van der Waals surface area contributed by atoms with Crippen LogP contribution in [0.4, 0.5) is 23.7 Å². The summed E-state index contributed by atoms with van der Waals surface area (Å²) < 4.78 is 38.6. The van der Waals surface area contributed by atoms with Gasteiger partial charge in [-0.25, -0.2) is 4.79 Å². The van der Waals surface area contributed by atoms with E-state index in [1.807, 2.05) is 9.80 Å². The van der Waals surface area contributed by atoms with E-state index in [0.717, 1.165) is 12.1 Å². The molecule has 1 saturated heterocycles. The zero-order valence-electron chi connectivity index (χ0n) is 15.6. The maximum Gasteiger partial charge on any atom is 0.416 e. The van der Waals surface area contributed by atoms with Crippen molar-refractivity contribution in [3.63, 3.8) is 0 Å². The summed E-state index contributed by atoms with van der Waals surface area (Å²) in [4.78, 5) is 27.6. The molecule has 1 aromatic carbocycles. The molecule has 0 spiro atoms. The van der Waals surface area contributed by atoms with Crippen molar-refractivity contribution in [2.45, 2.75) is 39.0 Å². The number of nitrogens with zero attached hydrogens (tertiary/aromatic N) is 2. The molecule has 1 aliphatic heterocycles. The van der Waals surface area contributed by atoms with Gasteiger partial charge in [0.05, 0.1) is 11.6 Å². The molecule has 1 unspecified atom stereocenters. The summed E-state index contributed by atoms with van der Waals surface area (Å²) in [6.07, 6.45) is -4.37. The van der Waals surface area contributed by atoms with Gasteiger partial charge in [-0.2, -0.15) is 13.2 Å². The van der Waals surface area contributed by atoms with Crippen molar-refractivity contribution in [2.24, 2.45) is 0 Å². The summed E-state index contributed by atoms with van der Waals surface area (Å²) in [6, 6.07) is 4.11. The van der Waals surface area contributed by atoms with Crippen LogP contribution >= 0.6 is 0 Å². The Morgan fingerprint density at radius 3 is 2.26 bits per heavy atom. The van der Waals surface area contributed by atoms with E-state index in [4.69, 9.17) is 0 Å². The van der Waals surface area contributed by atoms with Crippen LogP contribution in [0.5, 0.6) is 0 Å². The van der Waals surface area contributed by atoms with Gasteiger partial charge in [-0.1, -0.05) is 6.07 Å². The number of carbonyl (C=O) groups is 2. The Bertz CT molecular complexity index is 671. The van der Waals surface area contributed by atoms with Crippen LogP contribution in [-0.4, -0.2) is 55.1 Å². The Morgan fingerprint density at radius 2 is 1.70 bits per heavy atom. The molecule has 2 rings (SSSR count). The first-order valence-corrected chi connectivity index (χ1v) is 8.85. The van der Waals surface area contributed by atoms with Crippen LogP contribution in [0.1, 0.15) is 26.3 Å². The number of anilines is 1. The fourth-order valence-corrected chi connectivity index (χ4v) is 2.93. The van der Waals surface area contributed by atoms with Crippen molar-refractivity contribution < 1.29 is 22.8 Å². The van der Waals surface area contributed by atoms with Gasteiger partial charge in [0.25, 0.3) is 0 Å². The molecule has 9 heteroatoms. The molecule has 1 aliphatic rings. The first kappa shape index (κ1) is 21.0. The van der Waals surface area contributed by atoms with Gasteiger partial charge in [-0.05, 0) is 39.0 Å². The molecule has 1 heterocycles. The second-order valence-corrected chi connectivity index (χ2v) is 6.86. The van der Waals surface area contributed by atoms with Gasteiger partial charge in [0, 0.05) is 37.9 Å². The lowest BCUT2D eigenvalue weighted by molar-refractivity contribution is -0.137. The van der Waals surface area contributed by atoms with Gasteiger partial charge in [-0.3, -0.25) is 15.0 Å². The SMILES string of the molecule is CC(C)NC(=O)NC(=O)C(C)N1CCN(c2cccc(C(F)(F)F)c2)CC1. The average Bonchev–Trinajstić information content (AvgIpc) is 2.60. The molecule has 0 aliphatic carbocycles. The molecule has 2 N–H and O–H groups in total. The van der Waals surface area contributed by atoms with Crippen LogP contribution in [0.3, 0.4) is 0 Å². The van der Waals surface area contributed by atoms with E-state index in [9.17, 15) is 22.8 Å². The number of hydrogen-bond acceptors (Lipinski definition) is 4. The van der Waals surface area contributed by atoms with Crippen LogP contribution in [0.2, 0.25) is 0 Å². The predicted octanol–water partition coefficient (Wildman–Crippen LogP) is 2.45. The van der Waals surface area contributed by atoms with Crippen molar-refractivity contribution in [3.05, 3.63) is 29.8 Å². The lowest BCUT2D eigenvalue weighted by Crippen LogP contribution is -2.55. The predicted molar refractivity (Wildman–Crippen MR) is 96.5 cm³/mol. The van der Waals surface area contributed by atoms with Gasteiger partial charge in [0.2, 0.25) is 5.91 Å². The molecule has 0 bridgehead atoms. The molecule has 0 aromatic heterocycles. The van der Waals surface area contributed by atoms with Crippen molar-refractivity contribution in [2.75, 3.05) is 31.1 Å². The number of imide groups is 1. The van der Waals surface area contributed by atoms with E-state index in [1.165, 1.54) is 6.07 Å². The quantitative estimate of drug-likeness (QED) is 0.834. The molecule has 3 amide bonds. The van der Waals surface area contributed by atoms with Gasteiger partial charge in [0.15, 0.2) is 0 Å². The van der Waals surface area contributed by atoms with E-state index < -0.39 is 29.7 Å². The van der Waals surface area contributed by atoms with Crippen LogP contribution in [-0.2, 0) is 11.0 Å². The van der Waals surface area contributed by atoms with E-state index in [0.29, 0.717) is 31.9 Å². The maximum atomic E-state index is 12.9. The maximum absolute atomic E-state index is 12.9.